The highest BCUT2D eigenvalue weighted by atomic mass is 19.4. The van der Waals surface area contributed by atoms with Crippen LogP contribution in [0.4, 0.5) is 13.2 Å². The molecule has 0 atom stereocenters. The molecule has 0 aliphatic carbocycles. The monoisotopic (exact) mass is 258 g/mol. The zero-order valence-electron chi connectivity index (χ0n) is 10.1. The molecule has 1 aliphatic heterocycles. The maximum atomic E-state index is 12.4. The molecular formula is C13H15F3NO. The summed E-state index contributed by atoms with van der Waals surface area (Å²) >= 11 is 0. The van der Waals surface area contributed by atoms with Crippen molar-refractivity contribution in [3.8, 4) is 5.75 Å². The number of hydrogen-bond donors (Lipinski definition) is 0. The number of likely N-dealkylation sites (tertiary alicyclic amines) is 1. The zero-order chi connectivity index (χ0) is 13.2. The van der Waals surface area contributed by atoms with Crippen molar-refractivity contribution in [1.82, 2.24) is 4.90 Å². The van der Waals surface area contributed by atoms with Crippen LogP contribution in [0.15, 0.2) is 18.2 Å². The fourth-order valence-electron chi connectivity index (χ4n) is 1.94. The van der Waals surface area contributed by atoms with Gasteiger partial charge in [0.1, 0.15) is 11.9 Å². The van der Waals surface area contributed by atoms with Crippen molar-refractivity contribution in [2.24, 2.45) is 0 Å². The van der Waals surface area contributed by atoms with Gasteiger partial charge in [-0.15, -0.1) is 0 Å². The molecular weight excluding hydrogens is 243 g/mol. The van der Waals surface area contributed by atoms with Crippen LogP contribution in [-0.4, -0.2) is 31.1 Å². The molecule has 0 bridgehead atoms. The predicted molar refractivity (Wildman–Crippen MR) is 61.4 cm³/mol. The Hall–Kier alpha value is -1.23. The third-order valence-corrected chi connectivity index (χ3v) is 3.07. The maximum absolute atomic E-state index is 12.4. The topological polar surface area (TPSA) is 12.5 Å². The molecule has 18 heavy (non-hydrogen) atoms. The SMILES string of the molecule is CN1CCC(Oc2[c]cc(C(F)(F)F)cc2)CC1. The van der Waals surface area contributed by atoms with E-state index in [2.05, 4.69) is 11.0 Å². The molecule has 99 valence electrons. The lowest BCUT2D eigenvalue weighted by atomic mass is 10.1. The van der Waals surface area contributed by atoms with Gasteiger partial charge < -0.3 is 9.64 Å². The van der Waals surface area contributed by atoms with Crippen molar-refractivity contribution in [2.45, 2.75) is 25.1 Å². The van der Waals surface area contributed by atoms with E-state index >= 15 is 0 Å². The molecule has 0 amide bonds. The molecule has 1 fully saturated rings. The van der Waals surface area contributed by atoms with Crippen LogP contribution in [0, 0.1) is 6.07 Å². The van der Waals surface area contributed by atoms with Crippen LogP contribution in [0.3, 0.4) is 0 Å². The number of alkyl halides is 3. The predicted octanol–water partition coefficient (Wildman–Crippen LogP) is 2.98. The Bertz CT molecular complexity index is 380. The molecule has 5 heteroatoms. The second-order valence-electron chi connectivity index (χ2n) is 4.56. The van der Waals surface area contributed by atoms with Gasteiger partial charge >= 0.3 is 6.18 Å². The van der Waals surface area contributed by atoms with E-state index in [-0.39, 0.29) is 6.10 Å². The summed E-state index contributed by atoms with van der Waals surface area (Å²) in [5.41, 5.74) is -0.696. The summed E-state index contributed by atoms with van der Waals surface area (Å²) < 4.78 is 42.7. The smallest absolute Gasteiger partial charge is 0.416 e. The highest BCUT2D eigenvalue weighted by Crippen LogP contribution is 2.30. The summed E-state index contributed by atoms with van der Waals surface area (Å²) in [6, 6.07) is 5.84. The van der Waals surface area contributed by atoms with Crippen LogP contribution >= 0.6 is 0 Å². The second-order valence-corrected chi connectivity index (χ2v) is 4.56. The summed E-state index contributed by atoms with van der Waals surface area (Å²) in [4.78, 5) is 2.20. The minimum atomic E-state index is -4.32. The minimum Gasteiger partial charge on any atom is -0.490 e. The number of halogens is 3. The van der Waals surface area contributed by atoms with Gasteiger partial charge in [0, 0.05) is 19.2 Å². The summed E-state index contributed by atoms with van der Waals surface area (Å²) in [6.45, 7) is 1.90. The summed E-state index contributed by atoms with van der Waals surface area (Å²) in [5, 5.41) is 0. The van der Waals surface area contributed by atoms with E-state index in [1.54, 1.807) is 0 Å². The Morgan fingerprint density at radius 1 is 1.28 bits per heavy atom. The first-order valence-corrected chi connectivity index (χ1v) is 5.89. The van der Waals surface area contributed by atoms with E-state index in [4.69, 9.17) is 4.74 Å². The van der Waals surface area contributed by atoms with Crippen molar-refractivity contribution >= 4 is 0 Å². The largest absolute Gasteiger partial charge is 0.490 e. The van der Waals surface area contributed by atoms with Crippen LogP contribution < -0.4 is 4.74 Å². The maximum Gasteiger partial charge on any atom is 0.416 e. The van der Waals surface area contributed by atoms with Gasteiger partial charge in [-0.25, -0.2) is 0 Å². The molecule has 0 aromatic heterocycles. The van der Waals surface area contributed by atoms with E-state index in [0.717, 1.165) is 38.1 Å². The highest BCUT2D eigenvalue weighted by Gasteiger charge is 2.30. The summed E-state index contributed by atoms with van der Waals surface area (Å²) in [6.07, 6.45) is -2.45. The average molecular weight is 258 g/mol. The number of nitrogens with zero attached hydrogens (tertiary/aromatic N) is 1. The standard InChI is InChI=1S/C13H15F3NO/c1-17-8-6-12(7-9-17)18-11-4-2-10(3-5-11)13(14,15)16/h2-4,12H,6-9H2,1H3. The lowest BCUT2D eigenvalue weighted by Crippen LogP contribution is -2.35. The summed E-state index contributed by atoms with van der Waals surface area (Å²) in [5.74, 6) is 0.387. The number of rotatable bonds is 2. The first-order chi connectivity index (χ1) is 8.45. The van der Waals surface area contributed by atoms with E-state index in [9.17, 15) is 13.2 Å². The van der Waals surface area contributed by atoms with E-state index in [1.165, 1.54) is 6.07 Å². The molecule has 1 aromatic carbocycles. The first kappa shape index (κ1) is 13.2. The minimum absolute atomic E-state index is 0.0780. The van der Waals surface area contributed by atoms with Gasteiger partial charge in [0.05, 0.1) is 5.56 Å². The molecule has 1 radical (unpaired) electrons. The first-order valence-electron chi connectivity index (χ1n) is 5.89. The fraction of sp³-hybridized carbons (Fsp3) is 0.538. The van der Waals surface area contributed by atoms with Crippen LogP contribution in [0.2, 0.25) is 0 Å². The highest BCUT2D eigenvalue weighted by molar-refractivity contribution is 5.27. The van der Waals surface area contributed by atoms with Crippen molar-refractivity contribution in [2.75, 3.05) is 20.1 Å². The Labute approximate surface area is 104 Å². The van der Waals surface area contributed by atoms with Crippen molar-refractivity contribution in [3.05, 3.63) is 29.8 Å². The van der Waals surface area contributed by atoms with Crippen molar-refractivity contribution < 1.29 is 17.9 Å². The third kappa shape index (κ3) is 3.38. The Balaban J connectivity index is 1.94. The molecule has 2 rings (SSSR count). The molecule has 2 nitrogen and oxygen atoms in total. The van der Waals surface area contributed by atoms with Crippen LogP contribution in [0.1, 0.15) is 18.4 Å². The lowest BCUT2D eigenvalue weighted by molar-refractivity contribution is -0.137. The molecule has 0 N–H and O–H groups in total. The van der Waals surface area contributed by atoms with Gasteiger partial charge in [-0.05, 0) is 38.1 Å². The van der Waals surface area contributed by atoms with Gasteiger partial charge in [0.15, 0.2) is 0 Å². The molecule has 1 heterocycles. The van der Waals surface area contributed by atoms with E-state index in [0.29, 0.717) is 5.75 Å². The van der Waals surface area contributed by atoms with Gasteiger partial charge in [-0.3, -0.25) is 0 Å². The number of benzene rings is 1. The quantitative estimate of drug-likeness (QED) is 0.808. The van der Waals surface area contributed by atoms with Crippen molar-refractivity contribution in [3.63, 3.8) is 0 Å². The molecule has 1 aliphatic rings. The molecule has 1 saturated heterocycles. The third-order valence-electron chi connectivity index (χ3n) is 3.07. The van der Waals surface area contributed by atoms with E-state index in [1.807, 2.05) is 7.05 Å². The van der Waals surface area contributed by atoms with Gasteiger partial charge in [0.2, 0.25) is 0 Å². The number of piperidine rings is 1. The normalized spacial score (nSPS) is 18.9. The average Bonchev–Trinajstić information content (AvgIpc) is 2.32. The molecule has 0 spiro atoms. The molecule has 0 unspecified atom stereocenters. The van der Waals surface area contributed by atoms with Crippen LogP contribution in [-0.2, 0) is 6.18 Å². The number of ether oxygens (including phenoxy) is 1. The Kier molecular flexibility index (Phi) is 3.80. The van der Waals surface area contributed by atoms with Gasteiger partial charge in [0.25, 0.3) is 0 Å². The molecule has 0 saturated carbocycles. The molecule has 1 aromatic rings. The van der Waals surface area contributed by atoms with Gasteiger partial charge in [-0.1, -0.05) is 0 Å². The van der Waals surface area contributed by atoms with Gasteiger partial charge in [-0.2, -0.15) is 13.2 Å². The lowest BCUT2D eigenvalue weighted by Gasteiger charge is -2.29. The van der Waals surface area contributed by atoms with Crippen LogP contribution in [0.25, 0.3) is 0 Å². The second kappa shape index (κ2) is 5.18. The Morgan fingerprint density at radius 2 is 1.94 bits per heavy atom. The fourth-order valence-corrected chi connectivity index (χ4v) is 1.94. The summed E-state index contributed by atoms with van der Waals surface area (Å²) in [7, 11) is 2.04. The number of hydrogen-bond acceptors (Lipinski definition) is 2. The van der Waals surface area contributed by atoms with Crippen LogP contribution in [0.5, 0.6) is 5.75 Å². The zero-order valence-corrected chi connectivity index (χ0v) is 10.1. The van der Waals surface area contributed by atoms with Crippen molar-refractivity contribution in [1.29, 1.82) is 0 Å². The Morgan fingerprint density at radius 3 is 2.44 bits per heavy atom. The van der Waals surface area contributed by atoms with E-state index < -0.39 is 11.7 Å².